The normalized spacial score (nSPS) is 10.9. The summed E-state index contributed by atoms with van der Waals surface area (Å²) in [5.41, 5.74) is 0.565. The predicted octanol–water partition coefficient (Wildman–Crippen LogP) is 1.72. The van der Waals surface area contributed by atoms with Crippen molar-refractivity contribution in [3.8, 4) is 16.7 Å². The van der Waals surface area contributed by atoms with Gasteiger partial charge in [0.1, 0.15) is 0 Å². The molecule has 0 bridgehead atoms. The monoisotopic (exact) mass is 237 g/mol. The average Bonchev–Trinajstić information content (AvgIpc) is 2.64. The Hall–Kier alpha value is -1.69. The van der Waals surface area contributed by atoms with Gasteiger partial charge in [0.25, 0.3) is 5.56 Å². The number of hydrogen-bond donors (Lipinski definition) is 2. The molecule has 2 rings (SSSR count). The number of H-pyrrole nitrogens is 1. The van der Waals surface area contributed by atoms with E-state index in [4.69, 9.17) is 0 Å². The van der Waals surface area contributed by atoms with Crippen LogP contribution in [0.5, 0.6) is 5.88 Å². The van der Waals surface area contributed by atoms with Crippen molar-refractivity contribution in [2.45, 2.75) is 19.8 Å². The highest BCUT2D eigenvalue weighted by molar-refractivity contribution is 7.13. The zero-order valence-corrected chi connectivity index (χ0v) is 9.71. The van der Waals surface area contributed by atoms with Crippen LogP contribution in [0.15, 0.2) is 16.2 Å². The second kappa shape index (κ2) is 4.05. The first-order chi connectivity index (χ1) is 7.56. The van der Waals surface area contributed by atoms with E-state index >= 15 is 0 Å². The molecule has 5 nitrogen and oxygen atoms in total. The molecule has 2 aromatic heterocycles. The van der Waals surface area contributed by atoms with Crippen LogP contribution in [0.25, 0.3) is 10.8 Å². The zero-order valence-electron chi connectivity index (χ0n) is 8.89. The maximum atomic E-state index is 11.1. The minimum atomic E-state index is -0.385. The Labute approximate surface area is 95.8 Å². The molecule has 6 heteroatoms. The highest BCUT2D eigenvalue weighted by atomic mass is 32.1. The van der Waals surface area contributed by atoms with Gasteiger partial charge in [-0.3, -0.25) is 4.79 Å². The molecule has 0 saturated carbocycles. The van der Waals surface area contributed by atoms with Crippen LogP contribution in [0.3, 0.4) is 0 Å². The molecular formula is C10H11N3O2S. The van der Waals surface area contributed by atoms with Crippen LogP contribution < -0.4 is 5.56 Å². The lowest BCUT2D eigenvalue weighted by molar-refractivity contribution is 0.452. The van der Waals surface area contributed by atoms with Gasteiger partial charge < -0.3 is 10.1 Å². The number of rotatable bonds is 2. The highest BCUT2D eigenvalue weighted by Gasteiger charge is 2.10. The molecule has 0 aliphatic carbocycles. The van der Waals surface area contributed by atoms with Crippen molar-refractivity contribution in [2.75, 3.05) is 0 Å². The van der Waals surface area contributed by atoms with Crippen molar-refractivity contribution in [1.82, 2.24) is 15.0 Å². The Morgan fingerprint density at radius 1 is 1.44 bits per heavy atom. The third-order valence-electron chi connectivity index (χ3n) is 2.04. The summed E-state index contributed by atoms with van der Waals surface area (Å²) in [7, 11) is 0. The first-order valence-corrected chi connectivity index (χ1v) is 5.70. The standard InChI is InChI=1S/C10H11N3O2S/c1-5(2)6-4-16-10(11-6)9-12-7(14)3-8(15)13-9/h3-5H,1-2H3,(H2,12,13,14,15). The van der Waals surface area contributed by atoms with Gasteiger partial charge in [0.15, 0.2) is 10.8 Å². The first-order valence-electron chi connectivity index (χ1n) is 4.82. The van der Waals surface area contributed by atoms with Crippen LogP contribution in [-0.4, -0.2) is 20.1 Å². The summed E-state index contributed by atoms with van der Waals surface area (Å²) in [5.74, 6) is 0.343. The molecule has 0 aliphatic rings. The molecule has 0 radical (unpaired) electrons. The lowest BCUT2D eigenvalue weighted by Crippen LogP contribution is -2.06. The molecular weight excluding hydrogens is 226 g/mol. The first kappa shape index (κ1) is 10.8. The van der Waals surface area contributed by atoms with E-state index in [2.05, 4.69) is 15.0 Å². The number of aromatic amines is 1. The number of nitrogens with one attached hydrogen (secondary N) is 1. The summed E-state index contributed by atoms with van der Waals surface area (Å²) in [5, 5.41) is 11.7. The molecule has 0 aromatic carbocycles. The third-order valence-corrected chi connectivity index (χ3v) is 2.91. The van der Waals surface area contributed by atoms with Crippen molar-refractivity contribution >= 4 is 11.3 Å². The van der Waals surface area contributed by atoms with E-state index in [9.17, 15) is 9.90 Å². The van der Waals surface area contributed by atoms with Gasteiger partial charge in [0.05, 0.1) is 11.8 Å². The van der Waals surface area contributed by atoms with Crippen molar-refractivity contribution in [3.63, 3.8) is 0 Å². The zero-order chi connectivity index (χ0) is 11.7. The van der Waals surface area contributed by atoms with Crippen LogP contribution >= 0.6 is 11.3 Å². The minimum Gasteiger partial charge on any atom is -0.493 e. The Morgan fingerprint density at radius 2 is 2.19 bits per heavy atom. The average molecular weight is 237 g/mol. The van der Waals surface area contributed by atoms with E-state index < -0.39 is 0 Å². The molecule has 84 valence electrons. The summed E-state index contributed by atoms with van der Waals surface area (Å²) in [6.07, 6.45) is 0. The van der Waals surface area contributed by atoms with E-state index in [1.807, 2.05) is 19.2 Å². The van der Waals surface area contributed by atoms with Crippen LogP contribution in [0.1, 0.15) is 25.5 Å². The fourth-order valence-electron chi connectivity index (χ4n) is 1.21. The van der Waals surface area contributed by atoms with E-state index in [1.54, 1.807) is 0 Å². The van der Waals surface area contributed by atoms with E-state index in [-0.39, 0.29) is 11.4 Å². The molecule has 2 aromatic rings. The SMILES string of the molecule is CC(C)c1csc(-c2nc(O)cc(=O)[nH]2)n1. The van der Waals surface area contributed by atoms with Crippen molar-refractivity contribution in [2.24, 2.45) is 0 Å². The Morgan fingerprint density at radius 3 is 2.75 bits per heavy atom. The van der Waals surface area contributed by atoms with E-state index in [0.29, 0.717) is 16.7 Å². The number of thiazole rings is 1. The predicted molar refractivity (Wildman–Crippen MR) is 61.7 cm³/mol. The fourth-order valence-corrected chi connectivity index (χ4v) is 2.13. The molecule has 0 atom stereocenters. The lowest BCUT2D eigenvalue weighted by atomic mass is 10.2. The summed E-state index contributed by atoms with van der Waals surface area (Å²) in [6, 6.07) is 1.03. The molecule has 0 unspecified atom stereocenters. The number of aromatic nitrogens is 3. The Kier molecular flexibility index (Phi) is 2.74. The van der Waals surface area contributed by atoms with Crippen LogP contribution in [0, 0.1) is 0 Å². The van der Waals surface area contributed by atoms with Crippen LogP contribution in [0.4, 0.5) is 0 Å². The van der Waals surface area contributed by atoms with Gasteiger partial charge in [-0.25, -0.2) is 4.98 Å². The summed E-state index contributed by atoms with van der Waals surface area (Å²) >= 11 is 1.39. The maximum Gasteiger partial charge on any atom is 0.255 e. The second-order valence-electron chi connectivity index (χ2n) is 3.68. The molecule has 16 heavy (non-hydrogen) atoms. The summed E-state index contributed by atoms with van der Waals surface area (Å²) in [6.45, 7) is 4.08. The molecule has 2 heterocycles. The van der Waals surface area contributed by atoms with Crippen molar-refractivity contribution in [1.29, 1.82) is 0 Å². The molecule has 0 spiro atoms. The number of aromatic hydroxyl groups is 1. The van der Waals surface area contributed by atoms with Gasteiger partial charge in [-0.2, -0.15) is 4.98 Å². The van der Waals surface area contributed by atoms with Gasteiger partial charge in [0.2, 0.25) is 5.88 Å². The highest BCUT2D eigenvalue weighted by Crippen LogP contribution is 2.24. The second-order valence-corrected chi connectivity index (χ2v) is 4.54. The molecule has 0 aliphatic heterocycles. The largest absolute Gasteiger partial charge is 0.493 e. The molecule has 0 fully saturated rings. The smallest absolute Gasteiger partial charge is 0.255 e. The third kappa shape index (κ3) is 2.11. The fraction of sp³-hybridized carbons (Fsp3) is 0.300. The van der Waals surface area contributed by atoms with Gasteiger partial charge >= 0.3 is 0 Å². The Bertz CT molecular complexity index is 559. The molecule has 0 saturated heterocycles. The number of hydrogen-bond acceptors (Lipinski definition) is 5. The van der Waals surface area contributed by atoms with Crippen molar-refractivity contribution in [3.05, 3.63) is 27.5 Å². The maximum absolute atomic E-state index is 11.1. The summed E-state index contributed by atoms with van der Waals surface area (Å²) in [4.78, 5) is 21.8. The quantitative estimate of drug-likeness (QED) is 0.833. The van der Waals surface area contributed by atoms with Crippen molar-refractivity contribution < 1.29 is 5.11 Å². The van der Waals surface area contributed by atoms with Crippen LogP contribution in [0.2, 0.25) is 0 Å². The number of nitrogens with zero attached hydrogens (tertiary/aromatic N) is 2. The van der Waals surface area contributed by atoms with Crippen LogP contribution in [-0.2, 0) is 0 Å². The van der Waals surface area contributed by atoms with Gasteiger partial charge in [-0.1, -0.05) is 13.8 Å². The van der Waals surface area contributed by atoms with E-state index in [1.165, 1.54) is 11.3 Å². The van der Waals surface area contributed by atoms with Gasteiger partial charge in [-0.15, -0.1) is 11.3 Å². The lowest BCUT2D eigenvalue weighted by Gasteiger charge is -1.98. The van der Waals surface area contributed by atoms with Gasteiger partial charge in [0, 0.05) is 5.38 Å². The molecule has 0 amide bonds. The van der Waals surface area contributed by atoms with E-state index in [0.717, 1.165) is 11.8 Å². The summed E-state index contributed by atoms with van der Waals surface area (Å²) < 4.78 is 0. The minimum absolute atomic E-state index is 0.292. The molecule has 2 N–H and O–H groups in total. The van der Waals surface area contributed by atoms with Gasteiger partial charge in [-0.05, 0) is 5.92 Å². The topological polar surface area (TPSA) is 78.9 Å². The Balaban J connectivity index is 2.46.